The fraction of sp³-hybridized carbons (Fsp3) is 0.278. The lowest BCUT2D eigenvalue weighted by molar-refractivity contribution is 0.0825. The molecule has 0 saturated carbocycles. The Labute approximate surface area is 134 Å². The molecule has 0 spiro atoms. The van der Waals surface area contributed by atoms with Gasteiger partial charge in [0.15, 0.2) is 5.78 Å². The van der Waals surface area contributed by atoms with Crippen molar-refractivity contribution in [2.75, 3.05) is 13.7 Å². The molecule has 1 aliphatic heterocycles. The van der Waals surface area contributed by atoms with E-state index in [2.05, 4.69) is 0 Å². The number of carbonyl (C=O) groups is 1. The molecule has 2 N–H and O–H groups in total. The first kappa shape index (κ1) is 15.2. The molecule has 0 amide bonds. The summed E-state index contributed by atoms with van der Waals surface area (Å²) in [6.45, 7) is 1.95. The highest BCUT2D eigenvalue weighted by Gasteiger charge is 2.33. The van der Waals surface area contributed by atoms with E-state index in [4.69, 9.17) is 9.47 Å². The molecule has 0 aromatic heterocycles. The first-order valence-electron chi connectivity index (χ1n) is 7.36. The number of hydrogen-bond acceptors (Lipinski definition) is 5. The van der Waals surface area contributed by atoms with Crippen LogP contribution >= 0.6 is 0 Å². The van der Waals surface area contributed by atoms with E-state index in [1.54, 1.807) is 37.3 Å². The largest absolute Gasteiger partial charge is 0.508 e. The Morgan fingerprint density at radius 2 is 1.96 bits per heavy atom. The Morgan fingerprint density at radius 3 is 2.61 bits per heavy atom. The second kappa shape index (κ2) is 5.83. The molecule has 2 aromatic rings. The molecule has 0 aliphatic carbocycles. The van der Waals surface area contributed by atoms with Crippen LogP contribution in [0.5, 0.6) is 23.0 Å². The zero-order valence-electron chi connectivity index (χ0n) is 13.0. The number of aromatic hydroxyl groups is 2. The van der Waals surface area contributed by atoms with E-state index in [-0.39, 0.29) is 35.4 Å². The zero-order valence-corrected chi connectivity index (χ0v) is 13.0. The molecule has 5 nitrogen and oxygen atoms in total. The van der Waals surface area contributed by atoms with Crippen molar-refractivity contribution in [3.63, 3.8) is 0 Å². The van der Waals surface area contributed by atoms with Crippen LogP contribution in [-0.2, 0) is 6.42 Å². The van der Waals surface area contributed by atoms with Crippen molar-refractivity contribution in [1.82, 2.24) is 0 Å². The summed E-state index contributed by atoms with van der Waals surface area (Å²) in [6, 6.07) is 8.36. The quantitative estimate of drug-likeness (QED) is 0.911. The Bertz CT molecular complexity index is 749. The number of methoxy groups -OCH3 is 1. The van der Waals surface area contributed by atoms with E-state index in [9.17, 15) is 15.0 Å². The number of Topliss-reactive ketones (excluding diaryl/α,β-unsaturated/α-hetero) is 1. The van der Waals surface area contributed by atoms with Crippen LogP contribution in [0.4, 0.5) is 0 Å². The monoisotopic (exact) mass is 314 g/mol. The fourth-order valence-electron chi connectivity index (χ4n) is 2.82. The third kappa shape index (κ3) is 2.70. The maximum Gasteiger partial charge on any atom is 0.177 e. The third-order valence-corrected chi connectivity index (χ3v) is 4.17. The van der Waals surface area contributed by atoms with Crippen LogP contribution in [0.25, 0.3) is 0 Å². The van der Waals surface area contributed by atoms with Gasteiger partial charge in [0.1, 0.15) is 28.6 Å². The Balaban J connectivity index is 1.91. The molecule has 23 heavy (non-hydrogen) atoms. The molecule has 1 aliphatic rings. The molecule has 1 atom stereocenters. The van der Waals surface area contributed by atoms with E-state index in [1.165, 1.54) is 7.11 Å². The highest BCUT2D eigenvalue weighted by atomic mass is 16.5. The SMILES string of the molecule is COc1cc2c(c(O)c1C)C(=O)[C@H](Cc1ccc(O)cc1)CO2. The fourth-order valence-corrected chi connectivity index (χ4v) is 2.82. The molecule has 120 valence electrons. The second-order valence-corrected chi connectivity index (χ2v) is 5.67. The average Bonchev–Trinajstić information content (AvgIpc) is 2.55. The van der Waals surface area contributed by atoms with Crippen LogP contribution in [0.15, 0.2) is 30.3 Å². The molecule has 1 heterocycles. The zero-order chi connectivity index (χ0) is 16.6. The van der Waals surface area contributed by atoms with Crippen molar-refractivity contribution in [3.8, 4) is 23.0 Å². The van der Waals surface area contributed by atoms with E-state index in [0.29, 0.717) is 23.5 Å². The predicted molar refractivity (Wildman–Crippen MR) is 84.5 cm³/mol. The number of benzene rings is 2. The molecule has 0 bridgehead atoms. The molecule has 5 heteroatoms. The number of rotatable bonds is 3. The number of hydrogen-bond donors (Lipinski definition) is 2. The van der Waals surface area contributed by atoms with Gasteiger partial charge in [-0.2, -0.15) is 0 Å². The van der Waals surface area contributed by atoms with Gasteiger partial charge in [-0.15, -0.1) is 0 Å². The van der Waals surface area contributed by atoms with Crippen LogP contribution in [0.3, 0.4) is 0 Å². The molecular weight excluding hydrogens is 296 g/mol. The molecule has 0 saturated heterocycles. The van der Waals surface area contributed by atoms with Gasteiger partial charge in [0, 0.05) is 11.6 Å². The number of ether oxygens (including phenoxy) is 2. The number of fused-ring (bicyclic) bond motifs is 1. The third-order valence-electron chi connectivity index (χ3n) is 4.17. The summed E-state index contributed by atoms with van der Waals surface area (Å²) in [4.78, 5) is 12.7. The Hall–Kier alpha value is -2.69. The topological polar surface area (TPSA) is 76.0 Å². The van der Waals surface area contributed by atoms with Gasteiger partial charge in [-0.3, -0.25) is 4.79 Å². The summed E-state index contributed by atoms with van der Waals surface area (Å²) in [5, 5.41) is 19.7. The maximum absolute atomic E-state index is 12.7. The number of ketones is 1. The van der Waals surface area contributed by atoms with Crippen molar-refractivity contribution in [3.05, 3.63) is 47.0 Å². The minimum atomic E-state index is -0.370. The van der Waals surface area contributed by atoms with Gasteiger partial charge in [0.25, 0.3) is 0 Å². The van der Waals surface area contributed by atoms with Gasteiger partial charge in [0.2, 0.25) is 0 Å². The van der Waals surface area contributed by atoms with Gasteiger partial charge in [-0.05, 0) is 31.0 Å². The first-order valence-corrected chi connectivity index (χ1v) is 7.36. The van der Waals surface area contributed by atoms with Crippen LogP contribution in [-0.4, -0.2) is 29.7 Å². The van der Waals surface area contributed by atoms with E-state index >= 15 is 0 Å². The minimum absolute atomic E-state index is 0.0836. The molecule has 0 fully saturated rings. The smallest absolute Gasteiger partial charge is 0.177 e. The van der Waals surface area contributed by atoms with Gasteiger partial charge in [-0.1, -0.05) is 12.1 Å². The lowest BCUT2D eigenvalue weighted by atomic mass is 9.88. The minimum Gasteiger partial charge on any atom is -0.508 e. The summed E-state index contributed by atoms with van der Waals surface area (Å²) < 4.78 is 10.9. The molecular formula is C18H18O5. The molecule has 3 rings (SSSR count). The van der Waals surface area contributed by atoms with Gasteiger partial charge in [-0.25, -0.2) is 0 Å². The highest BCUT2D eigenvalue weighted by Crippen LogP contribution is 2.41. The van der Waals surface area contributed by atoms with E-state index in [0.717, 1.165) is 5.56 Å². The normalized spacial score (nSPS) is 16.6. The van der Waals surface area contributed by atoms with Crippen molar-refractivity contribution < 1.29 is 24.5 Å². The Kier molecular flexibility index (Phi) is 3.86. The van der Waals surface area contributed by atoms with E-state index < -0.39 is 0 Å². The lowest BCUT2D eigenvalue weighted by Crippen LogP contribution is -2.29. The van der Waals surface area contributed by atoms with Crippen molar-refractivity contribution in [1.29, 1.82) is 0 Å². The molecule has 2 aromatic carbocycles. The Morgan fingerprint density at radius 1 is 1.26 bits per heavy atom. The summed E-state index contributed by atoms with van der Waals surface area (Å²) in [5.41, 5.74) is 1.67. The van der Waals surface area contributed by atoms with Crippen LogP contribution < -0.4 is 9.47 Å². The van der Waals surface area contributed by atoms with Crippen LogP contribution in [0, 0.1) is 12.8 Å². The summed E-state index contributed by atoms with van der Waals surface area (Å²) >= 11 is 0. The van der Waals surface area contributed by atoms with Crippen molar-refractivity contribution >= 4 is 5.78 Å². The second-order valence-electron chi connectivity index (χ2n) is 5.67. The lowest BCUT2D eigenvalue weighted by Gasteiger charge is -2.26. The van der Waals surface area contributed by atoms with Gasteiger partial charge >= 0.3 is 0 Å². The maximum atomic E-state index is 12.7. The van der Waals surface area contributed by atoms with Crippen molar-refractivity contribution in [2.45, 2.75) is 13.3 Å². The molecule has 0 unspecified atom stereocenters. The highest BCUT2D eigenvalue weighted by molar-refractivity contribution is 6.04. The number of phenols is 2. The number of phenolic OH excluding ortho intramolecular Hbond substituents is 2. The summed E-state index contributed by atoms with van der Waals surface area (Å²) in [7, 11) is 1.51. The predicted octanol–water partition coefficient (Wildman–Crippen LogP) is 2.85. The molecule has 0 radical (unpaired) electrons. The van der Waals surface area contributed by atoms with Crippen molar-refractivity contribution in [2.24, 2.45) is 5.92 Å². The van der Waals surface area contributed by atoms with Crippen LogP contribution in [0.1, 0.15) is 21.5 Å². The van der Waals surface area contributed by atoms with Crippen LogP contribution in [0.2, 0.25) is 0 Å². The van der Waals surface area contributed by atoms with Gasteiger partial charge < -0.3 is 19.7 Å². The number of carbonyl (C=O) groups excluding carboxylic acids is 1. The van der Waals surface area contributed by atoms with E-state index in [1.807, 2.05) is 0 Å². The van der Waals surface area contributed by atoms with Gasteiger partial charge in [0.05, 0.1) is 19.6 Å². The summed E-state index contributed by atoms with van der Waals surface area (Å²) in [6.07, 6.45) is 0.489. The average molecular weight is 314 g/mol. The standard InChI is InChI=1S/C18H18O5/c1-10-14(22-2)8-15-16(17(10)20)18(21)12(9-23-15)7-11-3-5-13(19)6-4-11/h3-6,8,12,19-20H,7,9H2,1-2H3/t12-/m1/s1. The summed E-state index contributed by atoms with van der Waals surface area (Å²) in [5.74, 6) is 0.446. The first-order chi connectivity index (χ1) is 11.0.